The fraction of sp³-hybridized carbons (Fsp3) is 0.750. The highest BCUT2D eigenvalue weighted by atomic mass is 16.8. The first-order chi connectivity index (χ1) is 8.23. The van der Waals surface area contributed by atoms with Gasteiger partial charge in [0.25, 0.3) is 6.79 Å². The summed E-state index contributed by atoms with van der Waals surface area (Å²) in [5, 5.41) is 24.0. The molecular weight excluding hydrogens is 250 g/mol. The van der Waals surface area contributed by atoms with E-state index in [2.05, 4.69) is 19.6 Å². The van der Waals surface area contributed by atoms with Crippen LogP contribution in [0, 0.1) is 5.21 Å². The van der Waals surface area contributed by atoms with Crippen LogP contribution in [0.3, 0.4) is 0 Å². The number of carbonyl (C=O) groups is 2. The van der Waals surface area contributed by atoms with E-state index in [1.165, 1.54) is 20.9 Å². The average molecular weight is 265 g/mol. The Hall–Kier alpha value is -2.26. The molecule has 10 heteroatoms. The maximum Gasteiger partial charge on any atom is 0.510 e. The van der Waals surface area contributed by atoms with Gasteiger partial charge in [-0.05, 0) is 13.8 Å². The quantitative estimate of drug-likeness (QED) is 0.182. The Morgan fingerprint density at radius 2 is 2.06 bits per heavy atom. The van der Waals surface area contributed by atoms with Gasteiger partial charge in [-0.15, -0.1) is 5.01 Å². The number of likely N-dealkylation sites (N-methyl/N-ethyl adjacent to an activating group) is 1. The first-order valence-corrected chi connectivity index (χ1v) is 4.71. The molecule has 0 unspecified atom stereocenters. The molecule has 0 bridgehead atoms. The highest BCUT2D eigenvalue weighted by molar-refractivity contribution is 5.77. The van der Waals surface area contributed by atoms with Crippen molar-refractivity contribution >= 4 is 12.1 Å². The molecule has 0 saturated carbocycles. The summed E-state index contributed by atoms with van der Waals surface area (Å²) < 4.78 is 8.40. The number of carboxylic acids is 1. The monoisotopic (exact) mass is 265 g/mol. The van der Waals surface area contributed by atoms with E-state index in [-0.39, 0.29) is 4.97 Å². The first-order valence-electron chi connectivity index (χ1n) is 4.71. The van der Waals surface area contributed by atoms with Crippen LogP contribution in [0.5, 0.6) is 0 Å². The molecule has 0 fully saturated rings. The largest absolute Gasteiger partial charge is 0.569 e. The molecule has 0 aromatic carbocycles. The Bertz CT molecular complexity index is 342. The van der Waals surface area contributed by atoms with E-state index in [1.807, 2.05) is 0 Å². The van der Waals surface area contributed by atoms with Gasteiger partial charge in [0.2, 0.25) is 5.28 Å². The second-order valence-electron chi connectivity index (χ2n) is 3.57. The molecule has 0 amide bonds. The number of hydrogen-bond donors (Lipinski definition) is 1. The van der Waals surface area contributed by atoms with Gasteiger partial charge in [-0.25, -0.2) is 9.59 Å². The Morgan fingerprint density at radius 1 is 1.50 bits per heavy atom. The van der Waals surface area contributed by atoms with Crippen LogP contribution < -0.4 is 0 Å². The molecule has 0 radical (unpaired) electrons. The van der Waals surface area contributed by atoms with Gasteiger partial charge in [0.1, 0.15) is 0 Å². The SMILES string of the molecule is COC(=O)OCO/N=[N+](\[O-])N(C)C(C)(C)C(=O)O. The lowest BCUT2D eigenvalue weighted by Gasteiger charge is -2.26. The van der Waals surface area contributed by atoms with E-state index in [0.29, 0.717) is 0 Å². The normalized spacial score (nSPS) is 11.7. The molecule has 0 aliphatic rings. The van der Waals surface area contributed by atoms with Crippen molar-refractivity contribution in [1.29, 1.82) is 0 Å². The average Bonchev–Trinajstić information content (AvgIpc) is 2.32. The van der Waals surface area contributed by atoms with Crippen molar-refractivity contribution in [1.82, 2.24) is 5.01 Å². The van der Waals surface area contributed by atoms with Crippen molar-refractivity contribution in [3.05, 3.63) is 5.21 Å². The van der Waals surface area contributed by atoms with E-state index in [1.54, 1.807) is 0 Å². The number of carboxylic acid groups (broad SMARTS) is 1. The van der Waals surface area contributed by atoms with Gasteiger partial charge < -0.3 is 24.6 Å². The van der Waals surface area contributed by atoms with E-state index < -0.39 is 24.5 Å². The fourth-order valence-corrected chi connectivity index (χ4v) is 0.613. The highest BCUT2D eigenvalue weighted by Gasteiger charge is 2.38. The molecule has 1 N–H and O–H groups in total. The van der Waals surface area contributed by atoms with Gasteiger partial charge in [0.05, 0.1) is 19.1 Å². The summed E-state index contributed by atoms with van der Waals surface area (Å²) >= 11 is 0. The molecule has 0 saturated heterocycles. The topological polar surface area (TPSA) is 124 Å². The zero-order valence-corrected chi connectivity index (χ0v) is 10.4. The van der Waals surface area contributed by atoms with E-state index >= 15 is 0 Å². The summed E-state index contributed by atoms with van der Waals surface area (Å²) in [7, 11) is 2.32. The minimum Gasteiger partial charge on any atom is -0.569 e. The van der Waals surface area contributed by atoms with Crippen LogP contribution in [0.25, 0.3) is 0 Å². The van der Waals surface area contributed by atoms with Gasteiger partial charge in [-0.2, -0.15) is 0 Å². The van der Waals surface area contributed by atoms with E-state index in [0.717, 1.165) is 12.1 Å². The second-order valence-corrected chi connectivity index (χ2v) is 3.57. The van der Waals surface area contributed by atoms with Crippen molar-refractivity contribution in [2.24, 2.45) is 5.28 Å². The van der Waals surface area contributed by atoms with Crippen LogP contribution in [0.2, 0.25) is 0 Å². The van der Waals surface area contributed by atoms with Gasteiger partial charge in [0, 0.05) is 0 Å². The van der Waals surface area contributed by atoms with Crippen LogP contribution in [0.15, 0.2) is 5.28 Å². The zero-order chi connectivity index (χ0) is 14.3. The first kappa shape index (κ1) is 15.7. The molecule has 0 aliphatic heterocycles. The molecule has 0 aliphatic carbocycles. The summed E-state index contributed by atoms with van der Waals surface area (Å²) in [6.07, 6.45) is -0.998. The minimum atomic E-state index is -1.47. The number of nitrogens with zero attached hydrogens (tertiary/aromatic N) is 3. The predicted octanol–water partition coefficient (Wildman–Crippen LogP) is 0.331. The number of aliphatic carboxylic acids is 1. The lowest BCUT2D eigenvalue weighted by molar-refractivity contribution is -0.718. The van der Waals surface area contributed by atoms with Crippen LogP contribution >= 0.6 is 0 Å². The molecule has 0 rings (SSSR count). The van der Waals surface area contributed by atoms with E-state index in [9.17, 15) is 14.8 Å². The van der Waals surface area contributed by atoms with Gasteiger partial charge in [-0.1, -0.05) is 0 Å². The zero-order valence-electron chi connectivity index (χ0n) is 10.4. The van der Waals surface area contributed by atoms with Crippen LogP contribution in [-0.4, -0.2) is 53.7 Å². The maximum absolute atomic E-state index is 11.3. The molecule has 0 aromatic rings. The summed E-state index contributed by atoms with van der Waals surface area (Å²) in [4.78, 5) is 25.6. The third-order valence-electron chi connectivity index (χ3n) is 2.11. The van der Waals surface area contributed by atoms with Gasteiger partial charge in [0.15, 0.2) is 5.54 Å². The predicted molar refractivity (Wildman–Crippen MR) is 55.0 cm³/mol. The summed E-state index contributed by atoms with van der Waals surface area (Å²) in [5.74, 6) is -1.22. The minimum absolute atomic E-state index is 0.0746. The number of hydrazine groups is 1. The summed E-state index contributed by atoms with van der Waals surface area (Å²) in [5.41, 5.74) is -1.47. The molecule has 18 heavy (non-hydrogen) atoms. The molecule has 0 atom stereocenters. The fourth-order valence-electron chi connectivity index (χ4n) is 0.613. The molecule has 10 nitrogen and oxygen atoms in total. The van der Waals surface area contributed by atoms with E-state index in [4.69, 9.17) is 5.11 Å². The van der Waals surface area contributed by atoms with Crippen LogP contribution in [0.4, 0.5) is 4.79 Å². The third-order valence-corrected chi connectivity index (χ3v) is 2.11. The van der Waals surface area contributed by atoms with Crippen LogP contribution in [0.1, 0.15) is 13.8 Å². The van der Waals surface area contributed by atoms with Crippen molar-refractivity contribution in [3.8, 4) is 0 Å². The lowest BCUT2D eigenvalue weighted by atomic mass is 10.1. The molecular formula is C8H15N3O7. The lowest BCUT2D eigenvalue weighted by Crippen LogP contribution is -2.50. The van der Waals surface area contributed by atoms with Crippen molar-refractivity contribution in [2.75, 3.05) is 21.0 Å². The Labute approximate surface area is 103 Å². The number of hydrogen-bond acceptors (Lipinski definition) is 7. The molecule has 0 aromatic heterocycles. The maximum atomic E-state index is 11.3. The molecule has 0 heterocycles. The van der Waals surface area contributed by atoms with Crippen molar-refractivity contribution in [3.63, 3.8) is 0 Å². The highest BCUT2D eigenvalue weighted by Crippen LogP contribution is 2.12. The number of rotatable bonds is 6. The standard InChI is InChI=1S/C8H15N3O7/c1-8(2,6(12)13)10(3)11(15)9-18-5-17-7(14)16-4/h5H2,1-4H3,(H,12,13)/b11-9-. The number of methoxy groups -OCH3 is 1. The molecule has 0 spiro atoms. The second kappa shape index (κ2) is 6.47. The summed E-state index contributed by atoms with van der Waals surface area (Å²) in [6.45, 7) is 1.98. The Balaban J connectivity index is 4.34. The number of carbonyl (C=O) groups excluding carboxylic acids is 1. The van der Waals surface area contributed by atoms with Crippen LogP contribution in [-0.2, 0) is 19.1 Å². The number of ether oxygens (including phenoxy) is 2. The molecule has 104 valence electrons. The summed E-state index contributed by atoms with van der Waals surface area (Å²) in [6, 6.07) is 0. The Kier molecular flexibility index (Phi) is 5.66. The van der Waals surface area contributed by atoms with Gasteiger partial charge >= 0.3 is 12.1 Å². The smallest absolute Gasteiger partial charge is 0.510 e. The van der Waals surface area contributed by atoms with Crippen molar-refractivity contribution < 1.29 is 34.0 Å². The van der Waals surface area contributed by atoms with Crippen molar-refractivity contribution in [2.45, 2.75) is 19.4 Å². The van der Waals surface area contributed by atoms with Gasteiger partial charge in [-0.3, -0.25) is 0 Å². The third kappa shape index (κ3) is 4.31. The Morgan fingerprint density at radius 3 is 2.50 bits per heavy atom.